The van der Waals surface area contributed by atoms with Gasteiger partial charge >= 0.3 is 5.97 Å². The summed E-state index contributed by atoms with van der Waals surface area (Å²) in [6.07, 6.45) is 1.73. The van der Waals surface area contributed by atoms with Crippen LogP contribution in [0.2, 0.25) is 0 Å². The highest BCUT2D eigenvalue weighted by Gasteiger charge is 2.25. The minimum absolute atomic E-state index is 0. The second kappa shape index (κ2) is 6.62. The first-order valence-corrected chi connectivity index (χ1v) is 5.91. The molecule has 0 saturated carbocycles. The minimum Gasteiger partial charge on any atom is -1.00 e. The molecule has 19 heavy (non-hydrogen) atoms. The molecule has 1 aromatic heterocycles. The van der Waals surface area contributed by atoms with Crippen molar-refractivity contribution in [3.8, 4) is 5.75 Å². The number of carbonyl (C=O) groups excluding carboxylic acids is 1. The van der Waals surface area contributed by atoms with Crippen molar-refractivity contribution in [1.29, 1.82) is 0 Å². The molecule has 0 saturated heterocycles. The predicted molar refractivity (Wildman–Crippen MR) is 62.7 cm³/mol. The lowest BCUT2D eigenvalue weighted by Gasteiger charge is -2.11. The molecule has 2 heterocycles. The van der Waals surface area contributed by atoms with Crippen LogP contribution in [0.15, 0.2) is 6.20 Å². The molecular formula is C13H18INO4. The number of ether oxygens (including phenoxy) is 3. The van der Waals surface area contributed by atoms with Gasteiger partial charge in [-0.1, -0.05) is 0 Å². The molecule has 0 N–H and O–H groups in total. The summed E-state index contributed by atoms with van der Waals surface area (Å²) < 4.78 is 18.3. The Bertz CT molecular complexity index is 490. The standard InChI is InChI=1S/C13H18NO4.HI/c1-8-13(18-9(2)15)12-7-17-10(3)16-6-11(12)5-14(8)4;/h5,10H,6-7H2,1-4H3;1H/q+1;/p-1. The maximum atomic E-state index is 11.2. The Hall–Kier alpha value is -0.730. The second-order valence-corrected chi connectivity index (χ2v) is 4.44. The van der Waals surface area contributed by atoms with Gasteiger partial charge < -0.3 is 38.2 Å². The van der Waals surface area contributed by atoms with Crippen molar-refractivity contribution >= 4 is 5.97 Å². The molecule has 5 nitrogen and oxygen atoms in total. The number of esters is 1. The number of fused-ring (bicyclic) bond motifs is 1. The lowest BCUT2D eigenvalue weighted by Crippen LogP contribution is -3.00. The van der Waals surface area contributed by atoms with Crippen LogP contribution >= 0.6 is 0 Å². The third-order valence-corrected chi connectivity index (χ3v) is 3.05. The van der Waals surface area contributed by atoms with Crippen molar-refractivity contribution < 1.29 is 47.5 Å². The van der Waals surface area contributed by atoms with E-state index in [-0.39, 0.29) is 36.2 Å². The topological polar surface area (TPSA) is 48.6 Å². The van der Waals surface area contributed by atoms with Crippen LogP contribution in [0.3, 0.4) is 0 Å². The van der Waals surface area contributed by atoms with Gasteiger partial charge in [-0.3, -0.25) is 4.79 Å². The largest absolute Gasteiger partial charge is 1.00 e. The molecule has 6 heteroatoms. The van der Waals surface area contributed by atoms with Crippen molar-refractivity contribution in [1.82, 2.24) is 0 Å². The molecule has 2 rings (SSSR count). The van der Waals surface area contributed by atoms with E-state index in [9.17, 15) is 4.79 Å². The van der Waals surface area contributed by atoms with Crippen molar-refractivity contribution in [2.75, 3.05) is 0 Å². The van der Waals surface area contributed by atoms with Gasteiger partial charge in [-0.05, 0) is 6.92 Å². The summed E-state index contributed by atoms with van der Waals surface area (Å²) in [5.74, 6) is 0.255. The average Bonchev–Trinajstić information content (AvgIpc) is 2.47. The Balaban J connectivity index is 0.00000180. The highest BCUT2D eigenvalue weighted by Crippen LogP contribution is 2.28. The highest BCUT2D eigenvalue weighted by molar-refractivity contribution is 5.70. The molecule has 0 fully saturated rings. The summed E-state index contributed by atoms with van der Waals surface area (Å²) >= 11 is 0. The molecule has 1 aliphatic heterocycles. The van der Waals surface area contributed by atoms with E-state index in [0.717, 1.165) is 16.8 Å². The zero-order valence-corrected chi connectivity index (χ0v) is 13.7. The molecular weight excluding hydrogens is 361 g/mol. The molecule has 0 radical (unpaired) electrons. The van der Waals surface area contributed by atoms with E-state index in [0.29, 0.717) is 19.0 Å². The molecule has 1 aromatic rings. The van der Waals surface area contributed by atoms with E-state index in [1.807, 2.05) is 31.7 Å². The van der Waals surface area contributed by atoms with E-state index in [4.69, 9.17) is 14.2 Å². The van der Waals surface area contributed by atoms with Crippen LogP contribution in [-0.2, 0) is 34.5 Å². The Morgan fingerprint density at radius 1 is 1.42 bits per heavy atom. The Morgan fingerprint density at radius 3 is 2.68 bits per heavy atom. The molecule has 0 bridgehead atoms. The summed E-state index contributed by atoms with van der Waals surface area (Å²) in [7, 11) is 1.91. The second-order valence-electron chi connectivity index (χ2n) is 4.44. The summed E-state index contributed by atoms with van der Waals surface area (Å²) in [5, 5.41) is 0. The normalized spacial score (nSPS) is 18.0. The fourth-order valence-corrected chi connectivity index (χ4v) is 1.95. The first-order chi connectivity index (χ1) is 8.49. The number of carbonyl (C=O) groups is 1. The van der Waals surface area contributed by atoms with Gasteiger partial charge in [0.25, 0.3) is 0 Å². The fourth-order valence-electron chi connectivity index (χ4n) is 1.95. The number of rotatable bonds is 1. The van der Waals surface area contributed by atoms with Crippen LogP contribution in [0.1, 0.15) is 30.7 Å². The number of aryl methyl sites for hydroxylation is 1. The smallest absolute Gasteiger partial charge is 0.308 e. The maximum absolute atomic E-state index is 11.2. The average molecular weight is 379 g/mol. The van der Waals surface area contributed by atoms with Gasteiger partial charge in [0.1, 0.15) is 7.05 Å². The van der Waals surface area contributed by atoms with Gasteiger partial charge in [0.2, 0.25) is 11.4 Å². The van der Waals surface area contributed by atoms with Crippen LogP contribution in [0.25, 0.3) is 0 Å². The lowest BCUT2D eigenvalue weighted by molar-refractivity contribution is -0.678. The lowest BCUT2D eigenvalue weighted by atomic mass is 10.1. The predicted octanol–water partition coefficient (Wildman–Crippen LogP) is -1.86. The van der Waals surface area contributed by atoms with Gasteiger partial charge in [-0.15, -0.1) is 0 Å². The van der Waals surface area contributed by atoms with E-state index >= 15 is 0 Å². The molecule has 1 aliphatic rings. The van der Waals surface area contributed by atoms with E-state index < -0.39 is 0 Å². The van der Waals surface area contributed by atoms with E-state index in [2.05, 4.69) is 0 Å². The molecule has 0 spiro atoms. The van der Waals surface area contributed by atoms with Gasteiger partial charge in [0.05, 0.1) is 18.8 Å². The van der Waals surface area contributed by atoms with Gasteiger partial charge in [0.15, 0.2) is 12.5 Å². The zero-order chi connectivity index (χ0) is 13.3. The molecule has 1 unspecified atom stereocenters. The van der Waals surface area contributed by atoms with Crippen LogP contribution < -0.4 is 33.3 Å². The monoisotopic (exact) mass is 379 g/mol. The van der Waals surface area contributed by atoms with Gasteiger partial charge in [0, 0.05) is 19.4 Å². The molecule has 106 valence electrons. The van der Waals surface area contributed by atoms with Gasteiger partial charge in [-0.25, -0.2) is 4.57 Å². The molecule has 0 amide bonds. The number of nitrogens with zero attached hydrogens (tertiary/aromatic N) is 1. The van der Waals surface area contributed by atoms with Crippen molar-refractivity contribution in [2.45, 2.75) is 40.3 Å². The first kappa shape index (κ1) is 16.3. The van der Waals surface area contributed by atoms with Crippen LogP contribution in [0.4, 0.5) is 0 Å². The van der Waals surface area contributed by atoms with Crippen LogP contribution in [0, 0.1) is 6.92 Å². The summed E-state index contributed by atoms with van der Waals surface area (Å²) in [6.45, 7) is 6.01. The SMILES string of the molecule is CC(=O)Oc1c2c(c[n+](C)c1C)COC(C)OC2.[I-]. The first-order valence-electron chi connectivity index (χ1n) is 5.91. The number of hydrogen-bond donors (Lipinski definition) is 0. The number of hydrogen-bond acceptors (Lipinski definition) is 4. The number of pyridine rings is 1. The van der Waals surface area contributed by atoms with Crippen LogP contribution in [-0.4, -0.2) is 12.3 Å². The van der Waals surface area contributed by atoms with Crippen molar-refractivity contribution in [3.63, 3.8) is 0 Å². The third kappa shape index (κ3) is 3.64. The van der Waals surface area contributed by atoms with Gasteiger partial charge in [-0.2, -0.15) is 0 Å². The Labute approximate surface area is 129 Å². The summed E-state index contributed by atoms with van der Waals surface area (Å²) in [6, 6.07) is 0. The molecule has 1 atom stereocenters. The molecule has 0 aliphatic carbocycles. The quantitative estimate of drug-likeness (QED) is 0.327. The Kier molecular flexibility index (Phi) is 5.69. The van der Waals surface area contributed by atoms with Crippen LogP contribution in [0.5, 0.6) is 5.75 Å². The van der Waals surface area contributed by atoms with Crippen molar-refractivity contribution in [3.05, 3.63) is 23.0 Å². The maximum Gasteiger partial charge on any atom is 0.308 e. The number of aromatic nitrogens is 1. The van der Waals surface area contributed by atoms with E-state index in [1.165, 1.54) is 6.92 Å². The number of halogens is 1. The highest BCUT2D eigenvalue weighted by atomic mass is 127. The van der Waals surface area contributed by atoms with Crippen molar-refractivity contribution in [2.24, 2.45) is 7.05 Å². The summed E-state index contributed by atoms with van der Waals surface area (Å²) in [4.78, 5) is 11.2. The summed E-state index contributed by atoms with van der Waals surface area (Å²) in [5.41, 5.74) is 2.77. The van der Waals surface area contributed by atoms with E-state index in [1.54, 1.807) is 0 Å². The third-order valence-electron chi connectivity index (χ3n) is 3.05. The Morgan fingerprint density at radius 2 is 2.05 bits per heavy atom. The fraction of sp³-hybridized carbons (Fsp3) is 0.538. The zero-order valence-electron chi connectivity index (χ0n) is 11.5. The minimum atomic E-state index is -0.329. The molecule has 0 aromatic carbocycles.